The highest BCUT2D eigenvalue weighted by Crippen LogP contribution is 2.29. The summed E-state index contributed by atoms with van der Waals surface area (Å²) >= 11 is 5.72. The van der Waals surface area contributed by atoms with Crippen molar-refractivity contribution in [1.29, 1.82) is 0 Å². The Kier molecular flexibility index (Phi) is 4.48. The van der Waals surface area contributed by atoms with Gasteiger partial charge in [-0.1, -0.05) is 25.4 Å². The Balaban J connectivity index is 3.23. The van der Waals surface area contributed by atoms with Gasteiger partial charge in [-0.05, 0) is 29.2 Å². The Morgan fingerprint density at radius 1 is 1.47 bits per heavy atom. The van der Waals surface area contributed by atoms with Crippen molar-refractivity contribution in [2.75, 3.05) is 7.11 Å². The Labute approximate surface area is 104 Å². The maximum absolute atomic E-state index is 13.6. The zero-order valence-corrected chi connectivity index (χ0v) is 10.6. The van der Waals surface area contributed by atoms with Gasteiger partial charge in [0.1, 0.15) is 5.82 Å². The molecule has 17 heavy (non-hydrogen) atoms. The molecule has 1 unspecified atom stereocenters. The average molecular weight is 261 g/mol. The number of rotatable bonds is 3. The number of halogens is 2. The summed E-state index contributed by atoms with van der Waals surface area (Å²) in [6.45, 7) is 3.59. The highest BCUT2D eigenvalue weighted by molar-refractivity contribution is 6.30. The second-order valence-electron chi connectivity index (χ2n) is 3.99. The third-order valence-electron chi connectivity index (χ3n) is 2.44. The largest absolute Gasteiger partial charge is 0.467 e. The van der Waals surface area contributed by atoms with Crippen molar-refractivity contribution >= 4 is 17.6 Å². The van der Waals surface area contributed by atoms with Gasteiger partial charge in [0.2, 0.25) is 0 Å². The van der Waals surface area contributed by atoms with Crippen molar-refractivity contribution in [2.24, 2.45) is 0 Å². The molecule has 0 radical (unpaired) electrons. The van der Waals surface area contributed by atoms with Crippen molar-refractivity contribution in [3.63, 3.8) is 0 Å². The summed E-state index contributed by atoms with van der Waals surface area (Å²) in [6, 6.07) is 2.65. The number of hydrogen-bond donors (Lipinski definition) is 1. The van der Waals surface area contributed by atoms with E-state index in [9.17, 15) is 14.3 Å². The number of ether oxygens (including phenoxy) is 1. The predicted octanol–water partition coefficient (Wildman–Crippen LogP) is 2.81. The van der Waals surface area contributed by atoms with Crippen molar-refractivity contribution < 1.29 is 19.0 Å². The van der Waals surface area contributed by atoms with E-state index in [1.165, 1.54) is 19.2 Å². The van der Waals surface area contributed by atoms with E-state index < -0.39 is 17.9 Å². The average Bonchev–Trinajstić information content (AvgIpc) is 2.30. The number of aliphatic hydroxyl groups excluding tert-OH is 1. The number of esters is 1. The van der Waals surface area contributed by atoms with Crippen LogP contribution in [-0.2, 0) is 9.53 Å². The van der Waals surface area contributed by atoms with Crippen LogP contribution >= 0.6 is 11.6 Å². The van der Waals surface area contributed by atoms with Crippen molar-refractivity contribution in [2.45, 2.75) is 25.9 Å². The molecule has 0 saturated carbocycles. The Hall–Kier alpha value is -1.13. The summed E-state index contributed by atoms with van der Waals surface area (Å²) in [5, 5.41) is 9.54. The second kappa shape index (κ2) is 5.47. The molecule has 1 aromatic carbocycles. The van der Waals surface area contributed by atoms with Gasteiger partial charge in [0, 0.05) is 0 Å². The number of carbonyl (C=O) groups is 1. The molecule has 1 atom stereocenters. The fourth-order valence-corrected chi connectivity index (χ4v) is 1.69. The molecule has 0 fully saturated rings. The molecule has 3 nitrogen and oxygen atoms in total. The molecule has 0 bridgehead atoms. The lowest BCUT2D eigenvalue weighted by Crippen LogP contribution is -2.14. The zero-order chi connectivity index (χ0) is 13.2. The van der Waals surface area contributed by atoms with Crippen molar-refractivity contribution in [3.05, 3.63) is 34.1 Å². The minimum Gasteiger partial charge on any atom is -0.467 e. The number of carbonyl (C=O) groups excluding carboxylic acids is 1. The van der Waals surface area contributed by atoms with Crippen molar-refractivity contribution in [1.82, 2.24) is 0 Å². The third kappa shape index (κ3) is 2.96. The molecule has 0 aromatic heterocycles. The minimum atomic E-state index is -1.45. The van der Waals surface area contributed by atoms with E-state index >= 15 is 0 Å². The first-order chi connectivity index (χ1) is 7.88. The van der Waals surface area contributed by atoms with Gasteiger partial charge in [0.15, 0.2) is 6.10 Å². The topological polar surface area (TPSA) is 46.5 Å². The summed E-state index contributed by atoms with van der Waals surface area (Å²) in [5.74, 6) is -1.43. The van der Waals surface area contributed by atoms with E-state index in [-0.39, 0.29) is 16.5 Å². The van der Waals surface area contributed by atoms with E-state index in [1.807, 2.05) is 0 Å². The quantitative estimate of drug-likeness (QED) is 0.850. The lowest BCUT2D eigenvalue weighted by atomic mass is 9.98. The van der Waals surface area contributed by atoms with Gasteiger partial charge in [-0.2, -0.15) is 0 Å². The summed E-state index contributed by atoms with van der Waals surface area (Å²) in [4.78, 5) is 11.2. The predicted molar refractivity (Wildman–Crippen MR) is 62.5 cm³/mol. The zero-order valence-electron chi connectivity index (χ0n) is 9.83. The first-order valence-electron chi connectivity index (χ1n) is 5.13. The molecule has 1 N–H and O–H groups in total. The molecular formula is C12H14ClFO3. The van der Waals surface area contributed by atoms with Crippen LogP contribution in [0.2, 0.25) is 5.02 Å². The Bertz CT molecular complexity index is 432. The Morgan fingerprint density at radius 3 is 2.53 bits per heavy atom. The maximum atomic E-state index is 13.6. The molecule has 0 heterocycles. The Morgan fingerprint density at radius 2 is 2.06 bits per heavy atom. The fraction of sp³-hybridized carbons (Fsp3) is 0.417. The van der Waals surface area contributed by atoms with Gasteiger partial charge in [-0.3, -0.25) is 0 Å². The van der Waals surface area contributed by atoms with Crippen LogP contribution in [0, 0.1) is 5.82 Å². The monoisotopic (exact) mass is 260 g/mol. The highest BCUT2D eigenvalue weighted by atomic mass is 35.5. The van der Waals surface area contributed by atoms with Crippen LogP contribution in [0.15, 0.2) is 12.1 Å². The lowest BCUT2D eigenvalue weighted by Gasteiger charge is -2.14. The van der Waals surface area contributed by atoms with Crippen LogP contribution in [0.3, 0.4) is 0 Å². The van der Waals surface area contributed by atoms with Gasteiger partial charge in [0.05, 0.1) is 12.1 Å². The van der Waals surface area contributed by atoms with E-state index in [0.717, 1.165) is 0 Å². The number of methoxy groups -OCH3 is 1. The number of hydrogen-bond acceptors (Lipinski definition) is 3. The summed E-state index contributed by atoms with van der Waals surface area (Å²) in [6.07, 6.45) is -1.45. The van der Waals surface area contributed by atoms with Gasteiger partial charge in [-0.25, -0.2) is 9.18 Å². The molecule has 0 spiro atoms. The van der Waals surface area contributed by atoms with Crippen LogP contribution in [0.5, 0.6) is 0 Å². The van der Waals surface area contributed by atoms with Gasteiger partial charge < -0.3 is 9.84 Å². The molecule has 0 aliphatic rings. The van der Waals surface area contributed by atoms with Gasteiger partial charge >= 0.3 is 5.97 Å². The normalized spacial score (nSPS) is 12.6. The summed E-state index contributed by atoms with van der Waals surface area (Å²) in [7, 11) is 1.17. The standard InChI is InChI=1S/C12H14ClFO3/c1-6(2)8-4-7(5-9(13)10(8)14)11(15)12(16)17-3/h4-6,11,15H,1-3H3. The summed E-state index contributed by atoms with van der Waals surface area (Å²) < 4.78 is 18.1. The van der Waals surface area contributed by atoms with Crippen LogP contribution < -0.4 is 0 Å². The molecular weight excluding hydrogens is 247 g/mol. The SMILES string of the molecule is COC(=O)C(O)c1cc(Cl)c(F)c(C(C)C)c1. The molecule has 0 saturated heterocycles. The van der Waals surface area contributed by atoms with Crippen LogP contribution in [0.25, 0.3) is 0 Å². The number of aliphatic hydroxyl groups is 1. The second-order valence-corrected chi connectivity index (χ2v) is 4.39. The molecule has 94 valence electrons. The van der Waals surface area contributed by atoms with Crippen LogP contribution in [-0.4, -0.2) is 18.2 Å². The van der Waals surface area contributed by atoms with Crippen LogP contribution in [0.1, 0.15) is 37.0 Å². The maximum Gasteiger partial charge on any atom is 0.339 e. The molecule has 0 aliphatic heterocycles. The first kappa shape index (κ1) is 13.9. The highest BCUT2D eigenvalue weighted by Gasteiger charge is 2.21. The van der Waals surface area contributed by atoms with Crippen molar-refractivity contribution in [3.8, 4) is 0 Å². The van der Waals surface area contributed by atoms with E-state index in [4.69, 9.17) is 11.6 Å². The lowest BCUT2D eigenvalue weighted by molar-refractivity contribution is -0.150. The number of benzene rings is 1. The molecule has 0 aliphatic carbocycles. The fourth-order valence-electron chi connectivity index (χ4n) is 1.46. The first-order valence-corrected chi connectivity index (χ1v) is 5.51. The molecule has 1 aromatic rings. The molecule has 1 rings (SSSR count). The van der Waals surface area contributed by atoms with E-state index in [2.05, 4.69) is 4.74 Å². The van der Waals surface area contributed by atoms with E-state index in [1.54, 1.807) is 13.8 Å². The smallest absolute Gasteiger partial charge is 0.339 e. The molecule has 0 amide bonds. The van der Waals surface area contributed by atoms with Gasteiger partial charge in [-0.15, -0.1) is 0 Å². The minimum absolute atomic E-state index is 0.0997. The van der Waals surface area contributed by atoms with Crippen LogP contribution in [0.4, 0.5) is 4.39 Å². The third-order valence-corrected chi connectivity index (χ3v) is 2.72. The molecule has 5 heteroatoms. The van der Waals surface area contributed by atoms with E-state index in [0.29, 0.717) is 5.56 Å². The van der Waals surface area contributed by atoms with Gasteiger partial charge in [0.25, 0.3) is 0 Å². The summed E-state index contributed by atoms with van der Waals surface area (Å²) in [5.41, 5.74) is 0.586.